The molecule has 6 aliphatic rings. The van der Waals surface area contributed by atoms with Gasteiger partial charge in [0, 0.05) is 10.8 Å². The summed E-state index contributed by atoms with van der Waals surface area (Å²) in [5.41, 5.74) is 8.18. The number of fused-ring (bicyclic) bond motifs is 5. The Labute approximate surface area is 190 Å². The number of pyridine rings is 2. The molecule has 3 aromatic rings. The average molecular weight is 421 g/mol. The molecule has 4 unspecified atom stereocenters. The number of nitrogens with zero attached hydrogens (tertiary/aromatic N) is 2. The number of hydrogen-bond donors (Lipinski definition) is 0. The second-order valence-corrected chi connectivity index (χ2v) is 12.0. The largest absolute Gasteiger partial charge is 0.246 e. The maximum atomic E-state index is 5.26. The summed E-state index contributed by atoms with van der Waals surface area (Å²) >= 11 is 0. The molecule has 32 heavy (non-hydrogen) atoms. The molecule has 0 spiro atoms. The average Bonchev–Trinajstić information content (AvgIpc) is 2.83. The van der Waals surface area contributed by atoms with Gasteiger partial charge in [0.25, 0.3) is 0 Å². The molecule has 2 saturated carbocycles. The van der Waals surface area contributed by atoms with E-state index in [1.165, 1.54) is 47.6 Å². The molecule has 0 N–H and O–H groups in total. The topological polar surface area (TPSA) is 25.8 Å². The van der Waals surface area contributed by atoms with Gasteiger partial charge in [-0.15, -0.1) is 0 Å². The van der Waals surface area contributed by atoms with Gasteiger partial charge in [0.2, 0.25) is 0 Å². The summed E-state index contributed by atoms with van der Waals surface area (Å²) < 4.78 is 0. The lowest BCUT2D eigenvalue weighted by Gasteiger charge is -2.56. The lowest BCUT2D eigenvalue weighted by atomic mass is 9.48. The van der Waals surface area contributed by atoms with Crippen molar-refractivity contribution in [1.29, 1.82) is 0 Å². The smallest absolute Gasteiger partial charge is 0.0972 e. The van der Waals surface area contributed by atoms with Gasteiger partial charge in [0.1, 0.15) is 0 Å². The molecule has 2 heterocycles. The first-order valence-electron chi connectivity index (χ1n) is 12.5. The first kappa shape index (κ1) is 19.0. The Morgan fingerprint density at radius 1 is 0.625 bits per heavy atom. The first-order chi connectivity index (χ1) is 15.3. The van der Waals surface area contributed by atoms with Gasteiger partial charge < -0.3 is 0 Å². The summed E-state index contributed by atoms with van der Waals surface area (Å²) in [5, 5.41) is 2.38. The third-order valence-corrected chi connectivity index (χ3v) is 10.0. The quantitative estimate of drug-likeness (QED) is 0.397. The molecule has 2 aromatic heterocycles. The van der Waals surface area contributed by atoms with Crippen LogP contribution in [0.2, 0.25) is 0 Å². The van der Waals surface area contributed by atoms with Gasteiger partial charge in [0.05, 0.1) is 22.4 Å². The number of allylic oxidation sites excluding steroid dienone is 4. The van der Waals surface area contributed by atoms with E-state index in [-0.39, 0.29) is 0 Å². The van der Waals surface area contributed by atoms with Crippen LogP contribution in [0.3, 0.4) is 0 Å². The van der Waals surface area contributed by atoms with Crippen LogP contribution in [0.4, 0.5) is 0 Å². The van der Waals surface area contributed by atoms with E-state index >= 15 is 0 Å². The van der Waals surface area contributed by atoms with Gasteiger partial charge in [-0.1, -0.05) is 64.1 Å². The van der Waals surface area contributed by atoms with Crippen molar-refractivity contribution in [3.8, 4) is 0 Å². The van der Waals surface area contributed by atoms with E-state index in [4.69, 9.17) is 9.97 Å². The van der Waals surface area contributed by atoms with Crippen LogP contribution in [-0.2, 0) is 0 Å². The Balaban J connectivity index is 1.37. The zero-order valence-corrected chi connectivity index (χ0v) is 19.7. The SMILES string of the molecule is CC1(C)C2CC=C(c3ccc4ccc5ccc(C6=CCC7CC6C7(C)C)nc5c4n3)C1C2. The standard InChI is InChI=1S/C30H32N2/c1-29(2)19-9-11-21(23(29)15-19)25-13-7-17-5-6-18-8-14-26(32-28(18)27(17)31-25)22-12-10-20-16-24(22)30(20,3)4/h5-8,11-14,19-20,23-24H,9-10,15-16H2,1-4H3. The van der Waals surface area contributed by atoms with Crippen LogP contribution < -0.4 is 0 Å². The molecule has 0 saturated heterocycles. The van der Waals surface area contributed by atoms with Crippen molar-refractivity contribution in [2.24, 2.45) is 34.5 Å². The van der Waals surface area contributed by atoms with Gasteiger partial charge in [-0.3, -0.25) is 0 Å². The van der Waals surface area contributed by atoms with Gasteiger partial charge in [-0.2, -0.15) is 0 Å². The number of hydrogen-bond acceptors (Lipinski definition) is 2. The third-order valence-electron chi connectivity index (χ3n) is 10.0. The Morgan fingerprint density at radius 3 is 1.41 bits per heavy atom. The molecule has 6 aliphatic carbocycles. The maximum Gasteiger partial charge on any atom is 0.0972 e. The fourth-order valence-corrected chi connectivity index (χ4v) is 7.37. The van der Waals surface area contributed by atoms with Crippen molar-refractivity contribution < 1.29 is 0 Å². The molecule has 9 rings (SSSR count). The zero-order chi connectivity index (χ0) is 21.8. The second-order valence-electron chi connectivity index (χ2n) is 12.0. The summed E-state index contributed by atoms with van der Waals surface area (Å²) in [6.07, 6.45) is 9.96. The van der Waals surface area contributed by atoms with Crippen LogP contribution in [0.5, 0.6) is 0 Å². The minimum absolute atomic E-state index is 0.409. The molecule has 0 amide bonds. The van der Waals surface area contributed by atoms with Crippen molar-refractivity contribution in [1.82, 2.24) is 9.97 Å². The molecule has 0 radical (unpaired) electrons. The van der Waals surface area contributed by atoms with E-state index in [0.29, 0.717) is 22.7 Å². The van der Waals surface area contributed by atoms with Crippen molar-refractivity contribution >= 4 is 33.0 Å². The highest BCUT2D eigenvalue weighted by Gasteiger charge is 2.52. The summed E-state index contributed by atoms with van der Waals surface area (Å²) in [5.74, 6) is 2.98. The van der Waals surface area contributed by atoms with E-state index in [1.54, 1.807) is 0 Å². The summed E-state index contributed by atoms with van der Waals surface area (Å²) in [6.45, 7) is 9.75. The maximum absolute atomic E-state index is 5.26. The van der Waals surface area contributed by atoms with Crippen LogP contribution in [0.1, 0.15) is 64.8 Å². The number of rotatable bonds is 2. The van der Waals surface area contributed by atoms with Crippen LogP contribution in [-0.4, -0.2) is 9.97 Å². The Bertz CT molecular complexity index is 1250. The van der Waals surface area contributed by atoms with Crippen LogP contribution in [0.15, 0.2) is 48.6 Å². The van der Waals surface area contributed by atoms with Crippen molar-refractivity contribution in [2.75, 3.05) is 0 Å². The highest BCUT2D eigenvalue weighted by atomic mass is 14.8. The Kier molecular flexibility index (Phi) is 3.63. The minimum atomic E-state index is 0.409. The molecular weight excluding hydrogens is 388 g/mol. The Hall–Kier alpha value is -2.48. The van der Waals surface area contributed by atoms with Gasteiger partial charge in [0.15, 0.2) is 0 Å². The second kappa shape index (κ2) is 6.10. The molecule has 162 valence electrons. The lowest BCUT2D eigenvalue weighted by molar-refractivity contribution is 0.0111. The monoisotopic (exact) mass is 420 g/mol. The zero-order valence-electron chi connectivity index (χ0n) is 19.7. The summed E-state index contributed by atoms with van der Waals surface area (Å²) in [4.78, 5) is 10.5. The van der Waals surface area contributed by atoms with Crippen LogP contribution in [0.25, 0.3) is 33.0 Å². The molecule has 2 heteroatoms. The predicted octanol–water partition coefficient (Wildman–Crippen LogP) is 7.68. The predicted molar refractivity (Wildman–Crippen MR) is 133 cm³/mol. The first-order valence-corrected chi connectivity index (χ1v) is 12.5. The van der Waals surface area contributed by atoms with E-state index in [1.807, 2.05) is 0 Å². The van der Waals surface area contributed by atoms with E-state index in [9.17, 15) is 0 Å². The van der Waals surface area contributed by atoms with Crippen LogP contribution >= 0.6 is 0 Å². The normalized spacial score (nSPS) is 31.5. The summed E-state index contributed by atoms with van der Waals surface area (Å²) in [6, 6.07) is 13.4. The van der Waals surface area contributed by atoms with E-state index in [2.05, 4.69) is 76.2 Å². The minimum Gasteiger partial charge on any atom is -0.246 e. The molecule has 4 atom stereocenters. The molecule has 1 aromatic carbocycles. The Morgan fingerprint density at radius 2 is 1.03 bits per heavy atom. The molecular formula is C30H32N2. The van der Waals surface area contributed by atoms with E-state index < -0.39 is 0 Å². The van der Waals surface area contributed by atoms with Gasteiger partial charge in [-0.05, 0) is 83.5 Å². The fraction of sp³-hybridized carbons (Fsp3) is 0.467. The highest BCUT2D eigenvalue weighted by molar-refractivity contribution is 6.03. The molecule has 0 aliphatic heterocycles. The lowest BCUT2D eigenvalue weighted by Crippen LogP contribution is -2.47. The van der Waals surface area contributed by atoms with Gasteiger partial charge >= 0.3 is 0 Å². The fourth-order valence-electron chi connectivity index (χ4n) is 7.37. The van der Waals surface area contributed by atoms with Crippen molar-refractivity contribution in [3.05, 3.63) is 59.9 Å². The number of aromatic nitrogens is 2. The molecule has 4 bridgehead atoms. The highest BCUT2D eigenvalue weighted by Crippen LogP contribution is 2.62. The van der Waals surface area contributed by atoms with E-state index in [0.717, 1.165) is 34.3 Å². The summed E-state index contributed by atoms with van der Waals surface area (Å²) in [7, 11) is 0. The third kappa shape index (κ3) is 2.36. The molecule has 2 fully saturated rings. The van der Waals surface area contributed by atoms with Gasteiger partial charge in [-0.25, -0.2) is 9.97 Å². The van der Waals surface area contributed by atoms with Crippen molar-refractivity contribution in [3.63, 3.8) is 0 Å². The van der Waals surface area contributed by atoms with Crippen molar-refractivity contribution in [2.45, 2.75) is 53.4 Å². The number of benzene rings is 1. The van der Waals surface area contributed by atoms with Crippen LogP contribution in [0, 0.1) is 34.5 Å². The molecule has 2 nitrogen and oxygen atoms in total.